The first-order valence-electron chi connectivity index (χ1n) is 7.55. The SMILES string of the molecule is Cc1ccc(C(N)=O)cc1NCC(=O)N1CCN(S(C)(=O)=O)CC1. The zero-order chi connectivity index (χ0) is 17.9. The van der Waals surface area contributed by atoms with Crippen LogP contribution in [0.25, 0.3) is 0 Å². The largest absolute Gasteiger partial charge is 0.376 e. The van der Waals surface area contributed by atoms with Gasteiger partial charge in [-0.1, -0.05) is 6.07 Å². The van der Waals surface area contributed by atoms with E-state index in [2.05, 4.69) is 5.32 Å². The summed E-state index contributed by atoms with van der Waals surface area (Å²) in [5, 5.41) is 3.02. The van der Waals surface area contributed by atoms with E-state index in [1.807, 2.05) is 6.92 Å². The first-order valence-corrected chi connectivity index (χ1v) is 9.40. The van der Waals surface area contributed by atoms with Gasteiger partial charge < -0.3 is 16.0 Å². The average molecular weight is 354 g/mol. The van der Waals surface area contributed by atoms with Crippen LogP contribution in [0.5, 0.6) is 0 Å². The van der Waals surface area contributed by atoms with Crippen molar-refractivity contribution >= 4 is 27.5 Å². The Balaban J connectivity index is 1.93. The Morgan fingerprint density at radius 2 is 1.83 bits per heavy atom. The highest BCUT2D eigenvalue weighted by Gasteiger charge is 2.25. The van der Waals surface area contributed by atoms with Gasteiger partial charge in [-0.2, -0.15) is 4.31 Å². The van der Waals surface area contributed by atoms with E-state index >= 15 is 0 Å². The second-order valence-corrected chi connectivity index (χ2v) is 7.77. The number of carbonyl (C=O) groups excluding carboxylic acids is 2. The Kier molecular flexibility index (Phi) is 5.45. The molecule has 1 aromatic carbocycles. The van der Waals surface area contributed by atoms with Crippen molar-refractivity contribution in [3.8, 4) is 0 Å². The molecule has 2 rings (SSSR count). The fraction of sp³-hybridized carbons (Fsp3) is 0.467. The van der Waals surface area contributed by atoms with Crippen molar-refractivity contribution in [1.29, 1.82) is 0 Å². The third-order valence-corrected chi connectivity index (χ3v) is 5.32. The van der Waals surface area contributed by atoms with E-state index in [1.54, 1.807) is 23.1 Å². The molecule has 1 aromatic rings. The molecular weight excluding hydrogens is 332 g/mol. The fourth-order valence-electron chi connectivity index (χ4n) is 2.52. The minimum absolute atomic E-state index is 0.0714. The van der Waals surface area contributed by atoms with Gasteiger partial charge in [-0.3, -0.25) is 9.59 Å². The summed E-state index contributed by atoms with van der Waals surface area (Å²) in [6.45, 7) is 3.29. The number of aryl methyl sites for hydroxylation is 1. The van der Waals surface area contributed by atoms with Crippen LogP contribution in [0.1, 0.15) is 15.9 Å². The van der Waals surface area contributed by atoms with Gasteiger partial charge in [0.1, 0.15) is 0 Å². The number of hydrogen-bond donors (Lipinski definition) is 2. The molecule has 9 heteroatoms. The van der Waals surface area contributed by atoms with Gasteiger partial charge in [-0.05, 0) is 24.6 Å². The van der Waals surface area contributed by atoms with Gasteiger partial charge in [0.25, 0.3) is 0 Å². The molecule has 1 fully saturated rings. The molecule has 0 aromatic heterocycles. The predicted octanol–water partition coefficient (Wildman–Crippen LogP) is -0.390. The highest BCUT2D eigenvalue weighted by molar-refractivity contribution is 7.88. The summed E-state index contributed by atoms with van der Waals surface area (Å²) in [4.78, 5) is 25.1. The molecule has 0 unspecified atom stereocenters. The smallest absolute Gasteiger partial charge is 0.248 e. The van der Waals surface area contributed by atoms with Gasteiger partial charge in [0.15, 0.2) is 0 Å². The minimum Gasteiger partial charge on any atom is -0.376 e. The highest BCUT2D eigenvalue weighted by atomic mass is 32.2. The van der Waals surface area contributed by atoms with Gasteiger partial charge in [0, 0.05) is 37.4 Å². The third kappa shape index (κ3) is 4.45. The summed E-state index contributed by atoms with van der Waals surface area (Å²) in [5.41, 5.74) is 7.20. The topological polar surface area (TPSA) is 113 Å². The molecular formula is C15H22N4O4S. The van der Waals surface area contributed by atoms with Gasteiger partial charge in [-0.15, -0.1) is 0 Å². The fourth-order valence-corrected chi connectivity index (χ4v) is 3.34. The molecule has 1 aliphatic rings. The van der Waals surface area contributed by atoms with Crippen molar-refractivity contribution < 1.29 is 18.0 Å². The van der Waals surface area contributed by atoms with Gasteiger partial charge >= 0.3 is 0 Å². The molecule has 0 atom stereocenters. The minimum atomic E-state index is -3.21. The van der Waals surface area contributed by atoms with Crippen LogP contribution in [0.2, 0.25) is 0 Å². The Morgan fingerprint density at radius 3 is 2.38 bits per heavy atom. The molecule has 132 valence electrons. The number of anilines is 1. The predicted molar refractivity (Wildman–Crippen MR) is 91.2 cm³/mol. The molecule has 0 spiro atoms. The van der Waals surface area contributed by atoms with E-state index in [4.69, 9.17) is 5.73 Å². The lowest BCUT2D eigenvalue weighted by atomic mass is 10.1. The van der Waals surface area contributed by atoms with Crippen LogP contribution in [0, 0.1) is 6.92 Å². The summed E-state index contributed by atoms with van der Waals surface area (Å²) in [6, 6.07) is 5.01. The van der Waals surface area contributed by atoms with Gasteiger partial charge in [-0.25, -0.2) is 8.42 Å². The van der Waals surface area contributed by atoms with Crippen LogP contribution in [0.3, 0.4) is 0 Å². The second-order valence-electron chi connectivity index (χ2n) is 5.79. The van der Waals surface area contributed by atoms with Crippen molar-refractivity contribution in [3.63, 3.8) is 0 Å². The monoisotopic (exact) mass is 354 g/mol. The number of nitrogens with two attached hydrogens (primary N) is 1. The highest BCUT2D eigenvalue weighted by Crippen LogP contribution is 2.16. The van der Waals surface area contributed by atoms with Crippen LogP contribution in [0.15, 0.2) is 18.2 Å². The molecule has 0 saturated carbocycles. The standard InChI is InChI=1S/C15H22N4O4S/c1-11-3-4-12(15(16)21)9-13(11)17-10-14(20)18-5-7-19(8-6-18)24(2,22)23/h3-4,9,17H,5-8,10H2,1-2H3,(H2,16,21). The van der Waals surface area contributed by atoms with Gasteiger partial charge in [0.2, 0.25) is 21.8 Å². The summed E-state index contributed by atoms with van der Waals surface area (Å²) in [5.74, 6) is -0.645. The van der Waals surface area contributed by atoms with E-state index in [1.165, 1.54) is 10.6 Å². The third-order valence-electron chi connectivity index (χ3n) is 4.01. The lowest BCUT2D eigenvalue weighted by Crippen LogP contribution is -2.51. The normalized spacial score (nSPS) is 16.0. The summed E-state index contributed by atoms with van der Waals surface area (Å²) in [7, 11) is -3.21. The molecule has 8 nitrogen and oxygen atoms in total. The number of carbonyl (C=O) groups is 2. The average Bonchev–Trinajstić information content (AvgIpc) is 2.52. The number of nitrogens with one attached hydrogen (secondary N) is 1. The zero-order valence-corrected chi connectivity index (χ0v) is 14.6. The van der Waals surface area contributed by atoms with E-state index in [0.717, 1.165) is 5.56 Å². The molecule has 1 saturated heterocycles. The Hall–Kier alpha value is -2.13. The molecule has 0 aliphatic carbocycles. The molecule has 2 amide bonds. The number of amides is 2. The van der Waals surface area contributed by atoms with Crippen LogP contribution in [-0.2, 0) is 14.8 Å². The molecule has 24 heavy (non-hydrogen) atoms. The second kappa shape index (κ2) is 7.18. The van der Waals surface area contributed by atoms with Crippen molar-refractivity contribution in [2.24, 2.45) is 5.73 Å². The van der Waals surface area contributed by atoms with Crippen LogP contribution < -0.4 is 11.1 Å². The molecule has 0 radical (unpaired) electrons. The van der Waals surface area contributed by atoms with E-state index in [0.29, 0.717) is 37.4 Å². The van der Waals surface area contributed by atoms with Crippen LogP contribution >= 0.6 is 0 Å². The summed E-state index contributed by atoms with van der Waals surface area (Å²) >= 11 is 0. The van der Waals surface area contributed by atoms with E-state index in [-0.39, 0.29) is 12.5 Å². The van der Waals surface area contributed by atoms with Crippen molar-refractivity contribution in [1.82, 2.24) is 9.21 Å². The number of sulfonamides is 1. The van der Waals surface area contributed by atoms with E-state index < -0.39 is 15.9 Å². The van der Waals surface area contributed by atoms with Crippen molar-refractivity contribution in [3.05, 3.63) is 29.3 Å². The summed E-state index contributed by atoms with van der Waals surface area (Å²) < 4.78 is 24.3. The van der Waals surface area contributed by atoms with Crippen LogP contribution in [-0.4, -0.2) is 68.4 Å². The quantitative estimate of drug-likeness (QED) is 0.748. The number of nitrogens with zero attached hydrogens (tertiary/aromatic N) is 2. The van der Waals surface area contributed by atoms with Crippen molar-refractivity contribution in [2.75, 3.05) is 44.3 Å². The number of hydrogen-bond acceptors (Lipinski definition) is 5. The maximum absolute atomic E-state index is 12.3. The van der Waals surface area contributed by atoms with Gasteiger partial charge in [0.05, 0.1) is 12.8 Å². The Labute approximate surface area is 141 Å². The number of primary amides is 1. The number of benzene rings is 1. The Morgan fingerprint density at radius 1 is 1.21 bits per heavy atom. The van der Waals surface area contributed by atoms with Crippen molar-refractivity contribution in [2.45, 2.75) is 6.92 Å². The first kappa shape index (κ1) is 18.2. The Bertz CT molecular complexity index is 740. The molecule has 1 aliphatic heterocycles. The maximum Gasteiger partial charge on any atom is 0.248 e. The lowest BCUT2D eigenvalue weighted by Gasteiger charge is -2.33. The first-order chi connectivity index (χ1) is 11.2. The van der Waals surface area contributed by atoms with Crippen LogP contribution in [0.4, 0.5) is 5.69 Å². The lowest BCUT2D eigenvalue weighted by molar-refractivity contribution is -0.130. The maximum atomic E-state index is 12.3. The number of rotatable bonds is 5. The van der Waals surface area contributed by atoms with E-state index in [9.17, 15) is 18.0 Å². The molecule has 0 bridgehead atoms. The summed E-state index contributed by atoms with van der Waals surface area (Å²) in [6.07, 6.45) is 1.17. The zero-order valence-electron chi connectivity index (χ0n) is 13.8. The number of piperazine rings is 1. The molecule has 1 heterocycles. The molecule has 3 N–H and O–H groups in total.